The first-order valence-corrected chi connectivity index (χ1v) is 6.19. The van der Waals surface area contributed by atoms with E-state index in [-0.39, 0.29) is 6.42 Å². The minimum atomic E-state index is -1.18. The Balaban J connectivity index is 2.52. The van der Waals surface area contributed by atoms with E-state index < -0.39 is 23.8 Å². The predicted octanol–water partition coefficient (Wildman–Crippen LogP) is 2.14. The number of amides is 1. The first-order chi connectivity index (χ1) is 9.28. The molecule has 1 aromatic rings. The number of carboxylic acid groups (broad SMARTS) is 1. The monoisotopic (exact) mass is 281 g/mol. The molecule has 110 valence electrons. The van der Waals surface area contributed by atoms with Crippen molar-refractivity contribution in [3.63, 3.8) is 0 Å². The van der Waals surface area contributed by atoms with Gasteiger partial charge in [-0.3, -0.25) is 4.84 Å². The topological polar surface area (TPSA) is 84.9 Å². The largest absolute Gasteiger partial charge is 0.479 e. The molecule has 0 unspecified atom stereocenters. The number of hydrogen-bond donors (Lipinski definition) is 2. The van der Waals surface area contributed by atoms with Crippen LogP contribution in [0.25, 0.3) is 0 Å². The van der Waals surface area contributed by atoms with Crippen LogP contribution in [-0.2, 0) is 20.8 Å². The number of benzene rings is 1. The third kappa shape index (κ3) is 6.19. The zero-order valence-corrected chi connectivity index (χ0v) is 11.8. The summed E-state index contributed by atoms with van der Waals surface area (Å²) in [5.41, 5.74) is 2.12. The predicted molar refractivity (Wildman–Crippen MR) is 72.0 cm³/mol. The molecule has 0 bridgehead atoms. The first-order valence-electron chi connectivity index (χ1n) is 6.19. The fraction of sp³-hybridized carbons (Fsp3) is 0.429. The summed E-state index contributed by atoms with van der Waals surface area (Å²) in [6.07, 6.45) is -1.85. The normalized spacial score (nSPS) is 12.6. The minimum absolute atomic E-state index is 0.145. The second-order valence-corrected chi connectivity index (χ2v) is 5.24. The van der Waals surface area contributed by atoms with Crippen LogP contribution in [0.2, 0.25) is 0 Å². The van der Waals surface area contributed by atoms with Crippen LogP contribution in [0.1, 0.15) is 26.3 Å². The van der Waals surface area contributed by atoms with E-state index in [1.807, 2.05) is 11.5 Å². The summed E-state index contributed by atoms with van der Waals surface area (Å²) in [6.45, 7) is 5.10. The van der Waals surface area contributed by atoms with Crippen molar-refractivity contribution >= 4 is 12.1 Å². The summed E-state index contributed by atoms with van der Waals surface area (Å²) >= 11 is 0. The molecule has 0 aromatic heterocycles. The summed E-state index contributed by atoms with van der Waals surface area (Å²) in [5.74, 6) is -1.16. The third-order valence-corrected chi connectivity index (χ3v) is 2.22. The summed E-state index contributed by atoms with van der Waals surface area (Å²) in [7, 11) is 0. The van der Waals surface area contributed by atoms with Gasteiger partial charge in [-0.15, -0.1) is 0 Å². The first kappa shape index (κ1) is 16.0. The standard InChI is InChI=1S/C14H19NO5/c1-14(2,3)19-13(18)15-20-11(12(16)17)9-10-7-5-4-6-8-10/h4-8,11H,9H2,1-3H3,(H,15,18)(H,16,17)/t11-/m1/s1. The summed E-state index contributed by atoms with van der Waals surface area (Å²) < 4.78 is 4.95. The highest BCUT2D eigenvalue weighted by atomic mass is 16.7. The number of aliphatic carboxylic acids is 1. The molecule has 0 heterocycles. The molecule has 0 saturated carbocycles. The Morgan fingerprint density at radius 3 is 2.35 bits per heavy atom. The number of carboxylic acids is 1. The molecular formula is C14H19NO5. The second-order valence-electron chi connectivity index (χ2n) is 5.24. The van der Waals surface area contributed by atoms with Gasteiger partial charge < -0.3 is 9.84 Å². The van der Waals surface area contributed by atoms with E-state index in [9.17, 15) is 9.59 Å². The Hall–Kier alpha value is -2.08. The van der Waals surface area contributed by atoms with E-state index in [0.717, 1.165) is 5.56 Å². The van der Waals surface area contributed by atoms with Gasteiger partial charge in [0.25, 0.3) is 0 Å². The number of hydroxylamine groups is 1. The highest BCUT2D eigenvalue weighted by Crippen LogP contribution is 2.08. The molecular weight excluding hydrogens is 262 g/mol. The molecule has 0 fully saturated rings. The van der Waals surface area contributed by atoms with Crippen LogP contribution >= 0.6 is 0 Å². The van der Waals surface area contributed by atoms with Crippen molar-refractivity contribution < 1.29 is 24.3 Å². The van der Waals surface area contributed by atoms with Crippen LogP contribution in [0.15, 0.2) is 30.3 Å². The average Bonchev–Trinajstić information content (AvgIpc) is 2.33. The smallest absolute Gasteiger partial charge is 0.431 e. The Morgan fingerprint density at radius 2 is 1.85 bits per heavy atom. The van der Waals surface area contributed by atoms with Gasteiger partial charge in [0.2, 0.25) is 0 Å². The van der Waals surface area contributed by atoms with Crippen molar-refractivity contribution in [2.24, 2.45) is 0 Å². The number of nitrogens with one attached hydrogen (secondary N) is 1. The summed E-state index contributed by atoms with van der Waals surface area (Å²) in [6, 6.07) is 9.00. The van der Waals surface area contributed by atoms with Crippen molar-refractivity contribution in [3.05, 3.63) is 35.9 Å². The molecule has 1 atom stereocenters. The van der Waals surface area contributed by atoms with Gasteiger partial charge in [0, 0.05) is 6.42 Å². The molecule has 1 rings (SSSR count). The van der Waals surface area contributed by atoms with Crippen molar-refractivity contribution in [1.29, 1.82) is 0 Å². The third-order valence-electron chi connectivity index (χ3n) is 2.22. The fourth-order valence-corrected chi connectivity index (χ4v) is 1.43. The molecule has 6 nitrogen and oxygen atoms in total. The molecule has 2 N–H and O–H groups in total. The van der Waals surface area contributed by atoms with Crippen LogP contribution in [0.3, 0.4) is 0 Å². The van der Waals surface area contributed by atoms with Crippen LogP contribution in [-0.4, -0.2) is 28.9 Å². The molecule has 0 saturated heterocycles. The van der Waals surface area contributed by atoms with Crippen LogP contribution in [0.4, 0.5) is 4.79 Å². The Labute approximate surface area is 117 Å². The lowest BCUT2D eigenvalue weighted by Crippen LogP contribution is -2.38. The molecule has 1 amide bonds. The molecule has 0 radical (unpaired) electrons. The Morgan fingerprint density at radius 1 is 1.25 bits per heavy atom. The Kier molecular flexibility index (Phi) is 5.52. The minimum Gasteiger partial charge on any atom is -0.479 e. The van der Waals surface area contributed by atoms with Crippen LogP contribution in [0, 0.1) is 0 Å². The lowest BCUT2D eigenvalue weighted by Gasteiger charge is -2.20. The number of ether oxygens (including phenoxy) is 1. The zero-order chi connectivity index (χ0) is 15.2. The lowest BCUT2D eigenvalue weighted by atomic mass is 10.1. The quantitative estimate of drug-likeness (QED) is 0.808. The maximum absolute atomic E-state index is 11.4. The van der Waals surface area contributed by atoms with E-state index in [4.69, 9.17) is 14.7 Å². The number of rotatable bonds is 5. The van der Waals surface area contributed by atoms with Gasteiger partial charge in [-0.1, -0.05) is 30.3 Å². The van der Waals surface area contributed by atoms with E-state index >= 15 is 0 Å². The van der Waals surface area contributed by atoms with Gasteiger partial charge in [-0.25, -0.2) is 9.59 Å². The maximum atomic E-state index is 11.4. The highest BCUT2D eigenvalue weighted by Gasteiger charge is 2.22. The van der Waals surface area contributed by atoms with Crippen LogP contribution < -0.4 is 5.48 Å². The van der Waals surface area contributed by atoms with Gasteiger partial charge in [0.15, 0.2) is 6.10 Å². The molecule has 0 aliphatic rings. The maximum Gasteiger partial charge on any atom is 0.431 e. The van der Waals surface area contributed by atoms with Crippen LogP contribution in [0.5, 0.6) is 0 Å². The molecule has 6 heteroatoms. The van der Waals surface area contributed by atoms with Gasteiger partial charge >= 0.3 is 12.1 Å². The van der Waals surface area contributed by atoms with Gasteiger partial charge in [-0.05, 0) is 26.3 Å². The number of carbonyl (C=O) groups is 2. The van der Waals surface area contributed by atoms with Gasteiger partial charge in [-0.2, -0.15) is 5.48 Å². The lowest BCUT2D eigenvalue weighted by molar-refractivity contribution is -0.154. The number of carbonyl (C=O) groups excluding carboxylic acids is 1. The summed E-state index contributed by atoms with van der Waals surface area (Å²) in [4.78, 5) is 27.4. The Bertz CT molecular complexity index is 452. The van der Waals surface area contributed by atoms with E-state index in [1.165, 1.54) is 0 Å². The van der Waals surface area contributed by atoms with Gasteiger partial charge in [0.05, 0.1) is 0 Å². The molecule has 0 aliphatic heterocycles. The fourth-order valence-electron chi connectivity index (χ4n) is 1.43. The average molecular weight is 281 g/mol. The molecule has 0 aliphatic carbocycles. The van der Waals surface area contributed by atoms with E-state index in [0.29, 0.717) is 0 Å². The summed E-state index contributed by atoms with van der Waals surface area (Å²) in [5, 5.41) is 9.06. The second kappa shape index (κ2) is 6.91. The zero-order valence-electron chi connectivity index (χ0n) is 11.8. The van der Waals surface area contributed by atoms with E-state index in [2.05, 4.69) is 0 Å². The van der Waals surface area contributed by atoms with E-state index in [1.54, 1.807) is 45.0 Å². The molecule has 0 spiro atoms. The SMILES string of the molecule is CC(C)(C)OC(=O)NO[C@H](Cc1ccccc1)C(=O)O. The highest BCUT2D eigenvalue weighted by molar-refractivity contribution is 5.73. The molecule has 20 heavy (non-hydrogen) atoms. The van der Waals surface area contributed by atoms with Gasteiger partial charge in [0.1, 0.15) is 5.60 Å². The van der Waals surface area contributed by atoms with Crippen molar-refractivity contribution in [1.82, 2.24) is 5.48 Å². The van der Waals surface area contributed by atoms with Crippen molar-refractivity contribution in [3.8, 4) is 0 Å². The van der Waals surface area contributed by atoms with Crippen molar-refractivity contribution in [2.75, 3.05) is 0 Å². The van der Waals surface area contributed by atoms with Crippen molar-refractivity contribution in [2.45, 2.75) is 38.9 Å². The molecule has 1 aromatic carbocycles. The number of hydrogen-bond acceptors (Lipinski definition) is 4.